The van der Waals surface area contributed by atoms with Crippen molar-refractivity contribution in [3.05, 3.63) is 170 Å². The quantitative estimate of drug-likeness (QED) is 0.155. The molecule has 1 aliphatic carbocycles. The van der Waals surface area contributed by atoms with Crippen LogP contribution >= 0.6 is 0 Å². The zero-order valence-corrected chi connectivity index (χ0v) is 30.3. The first-order chi connectivity index (χ1) is 27.7. The molecule has 0 radical (unpaired) electrons. The Bertz CT molecular complexity index is 2880. The van der Waals surface area contributed by atoms with Gasteiger partial charge in [-0.2, -0.15) is 0 Å². The Morgan fingerprint density at radius 1 is 0.446 bits per heavy atom. The van der Waals surface area contributed by atoms with Gasteiger partial charge in [0, 0.05) is 70.1 Å². The summed E-state index contributed by atoms with van der Waals surface area (Å²) in [5.41, 5.74) is 6.15. The molecular weight excluding hydrogens is 693 g/mol. The van der Waals surface area contributed by atoms with Crippen LogP contribution in [-0.4, -0.2) is 29.1 Å². The van der Waals surface area contributed by atoms with Gasteiger partial charge in [0.05, 0.1) is 22.1 Å². The maximum absolute atomic E-state index is 6.71. The number of ether oxygens (including phenoxy) is 2. The van der Waals surface area contributed by atoms with E-state index in [9.17, 15) is 0 Å². The minimum absolute atomic E-state index is 0.547. The van der Waals surface area contributed by atoms with Gasteiger partial charge in [-0.1, -0.05) is 55.0 Å². The predicted molar refractivity (Wildman–Crippen MR) is 221 cm³/mol. The topological polar surface area (TPSA) is 79.9 Å². The lowest BCUT2D eigenvalue weighted by Gasteiger charge is -2.24. The van der Waals surface area contributed by atoms with Gasteiger partial charge in [0.25, 0.3) is 0 Å². The molecule has 1 saturated carbocycles. The monoisotopic (exact) mass is 726 g/mol. The van der Waals surface area contributed by atoms with Crippen LogP contribution in [0.3, 0.4) is 0 Å². The molecule has 5 aromatic carbocycles. The molecule has 1 aliphatic rings. The van der Waals surface area contributed by atoms with E-state index in [-0.39, 0.29) is 0 Å². The normalized spacial score (nSPS) is 13.1. The first kappa shape index (κ1) is 32.1. The number of nitrogens with zero attached hydrogens (tertiary/aromatic N) is 6. The average molecular weight is 727 g/mol. The van der Waals surface area contributed by atoms with Gasteiger partial charge < -0.3 is 9.47 Å². The molecule has 10 aromatic rings. The van der Waals surface area contributed by atoms with E-state index in [1.807, 2.05) is 91.5 Å². The van der Waals surface area contributed by atoms with E-state index < -0.39 is 0 Å². The highest BCUT2D eigenvalue weighted by Gasteiger charge is 2.21. The van der Waals surface area contributed by atoms with Gasteiger partial charge in [-0.25, -0.2) is 19.9 Å². The highest BCUT2D eigenvalue weighted by molar-refractivity contribution is 6.10. The van der Waals surface area contributed by atoms with Gasteiger partial charge in [-0.15, -0.1) is 0 Å². The van der Waals surface area contributed by atoms with Crippen molar-refractivity contribution < 1.29 is 9.47 Å². The van der Waals surface area contributed by atoms with Crippen molar-refractivity contribution in [2.24, 2.45) is 0 Å². The lowest BCUT2D eigenvalue weighted by atomic mass is 9.81. The van der Waals surface area contributed by atoms with Crippen LogP contribution in [0.1, 0.15) is 30.7 Å². The van der Waals surface area contributed by atoms with Gasteiger partial charge >= 0.3 is 0 Å². The SMILES string of the molecule is c1ccc(-n2c3ccccc3c3ccc(Oc4cc(Oc5ccc6c7ccccc7n(-c7ccccn7)c6c5)cc(-c5ncc(C6CCC6)cn5)c4)cc32)nc1. The Morgan fingerprint density at radius 2 is 0.946 bits per heavy atom. The molecule has 0 amide bonds. The molecule has 0 atom stereocenters. The van der Waals surface area contributed by atoms with E-state index in [0.717, 1.165) is 60.8 Å². The van der Waals surface area contributed by atoms with Crippen LogP contribution in [0.15, 0.2) is 164 Å². The summed E-state index contributed by atoms with van der Waals surface area (Å²) in [6.45, 7) is 0. The minimum atomic E-state index is 0.547. The van der Waals surface area contributed by atoms with E-state index in [1.54, 1.807) is 0 Å². The lowest BCUT2D eigenvalue weighted by molar-refractivity contribution is 0.418. The highest BCUT2D eigenvalue weighted by Crippen LogP contribution is 2.40. The number of hydrogen-bond acceptors (Lipinski definition) is 6. The van der Waals surface area contributed by atoms with Crippen LogP contribution in [0.4, 0.5) is 0 Å². The molecule has 11 rings (SSSR count). The van der Waals surface area contributed by atoms with Crippen LogP contribution < -0.4 is 9.47 Å². The predicted octanol–water partition coefficient (Wildman–Crippen LogP) is 12.0. The Kier molecular flexibility index (Phi) is 7.58. The van der Waals surface area contributed by atoms with Crippen LogP contribution in [0.5, 0.6) is 23.0 Å². The molecule has 5 aromatic heterocycles. The van der Waals surface area contributed by atoms with E-state index in [4.69, 9.17) is 29.4 Å². The highest BCUT2D eigenvalue weighted by atomic mass is 16.5. The van der Waals surface area contributed by atoms with Gasteiger partial charge in [-0.3, -0.25) is 9.13 Å². The van der Waals surface area contributed by atoms with Gasteiger partial charge in [0.15, 0.2) is 5.82 Å². The fraction of sp³-hybridized carbons (Fsp3) is 0.0833. The summed E-state index contributed by atoms with van der Waals surface area (Å²) in [6, 6.07) is 47.0. The number of benzene rings is 5. The summed E-state index contributed by atoms with van der Waals surface area (Å²) in [7, 11) is 0. The second kappa shape index (κ2) is 13.2. The molecule has 0 N–H and O–H groups in total. The van der Waals surface area contributed by atoms with Crippen LogP contribution in [0.25, 0.3) is 66.6 Å². The van der Waals surface area contributed by atoms with E-state index >= 15 is 0 Å². The van der Waals surface area contributed by atoms with Gasteiger partial charge in [0.1, 0.15) is 34.6 Å². The van der Waals surface area contributed by atoms with Crippen LogP contribution in [-0.2, 0) is 0 Å². The van der Waals surface area contributed by atoms with Gasteiger partial charge in [0.2, 0.25) is 0 Å². The number of rotatable bonds is 8. The number of hydrogen-bond donors (Lipinski definition) is 0. The third kappa shape index (κ3) is 5.53. The average Bonchev–Trinajstić information content (AvgIpc) is 3.73. The first-order valence-electron chi connectivity index (χ1n) is 19.0. The molecular formula is C48H34N6O2. The summed E-state index contributed by atoms with van der Waals surface area (Å²) >= 11 is 0. The molecule has 0 spiro atoms. The number of para-hydroxylation sites is 2. The molecule has 0 saturated heterocycles. The van der Waals surface area contributed by atoms with Crippen molar-refractivity contribution >= 4 is 43.6 Å². The Balaban J connectivity index is 1.01. The van der Waals surface area contributed by atoms with Crippen molar-refractivity contribution in [2.75, 3.05) is 0 Å². The largest absolute Gasteiger partial charge is 0.457 e. The number of fused-ring (bicyclic) bond motifs is 6. The zero-order valence-electron chi connectivity index (χ0n) is 30.3. The molecule has 0 unspecified atom stereocenters. The Morgan fingerprint density at radius 3 is 1.43 bits per heavy atom. The van der Waals surface area contributed by atoms with Gasteiger partial charge in [-0.05, 0) is 97.1 Å². The second-order valence-corrected chi connectivity index (χ2v) is 14.3. The summed E-state index contributed by atoms with van der Waals surface area (Å²) in [4.78, 5) is 19.0. The van der Waals surface area contributed by atoms with Crippen molar-refractivity contribution in [2.45, 2.75) is 25.2 Å². The fourth-order valence-corrected chi connectivity index (χ4v) is 8.02. The molecule has 8 nitrogen and oxygen atoms in total. The Hall–Kier alpha value is -7.32. The smallest absolute Gasteiger partial charge is 0.159 e. The van der Waals surface area contributed by atoms with Crippen molar-refractivity contribution in [3.63, 3.8) is 0 Å². The molecule has 0 bridgehead atoms. The summed E-state index contributed by atoms with van der Waals surface area (Å²) in [5.74, 6) is 5.42. The minimum Gasteiger partial charge on any atom is -0.457 e. The standard InChI is InChI=1S/C48H34N6O2/c1-3-14-42-38(12-1)40-20-18-34(27-44(40)53(42)46-16-5-7-22-49-46)55-36-24-32(48-51-29-33(30-52-48)31-10-9-11-31)25-37(26-36)56-35-19-21-41-39-13-2-4-15-43(39)54(45(41)28-35)47-17-6-8-23-50-47/h1-8,12-31H,9-11H2. The van der Waals surface area contributed by atoms with E-state index in [0.29, 0.717) is 34.7 Å². The molecule has 56 heavy (non-hydrogen) atoms. The van der Waals surface area contributed by atoms with Crippen molar-refractivity contribution in [3.8, 4) is 46.0 Å². The number of aromatic nitrogens is 6. The maximum atomic E-state index is 6.71. The first-order valence-corrected chi connectivity index (χ1v) is 19.0. The summed E-state index contributed by atoms with van der Waals surface area (Å²) in [6.07, 6.45) is 11.2. The second-order valence-electron chi connectivity index (χ2n) is 14.3. The van der Waals surface area contributed by atoms with E-state index in [1.165, 1.54) is 24.8 Å². The van der Waals surface area contributed by atoms with Crippen molar-refractivity contribution in [1.29, 1.82) is 0 Å². The summed E-state index contributed by atoms with van der Waals surface area (Å²) in [5, 5.41) is 4.54. The maximum Gasteiger partial charge on any atom is 0.159 e. The number of pyridine rings is 2. The molecule has 8 heteroatoms. The van der Waals surface area contributed by atoms with Crippen molar-refractivity contribution in [1.82, 2.24) is 29.1 Å². The molecule has 1 fully saturated rings. The third-order valence-electron chi connectivity index (χ3n) is 10.9. The molecule has 0 aliphatic heterocycles. The zero-order chi connectivity index (χ0) is 37.0. The lowest BCUT2D eigenvalue weighted by Crippen LogP contribution is -2.09. The van der Waals surface area contributed by atoms with Crippen LogP contribution in [0, 0.1) is 0 Å². The van der Waals surface area contributed by atoms with Crippen LogP contribution in [0.2, 0.25) is 0 Å². The molecule has 268 valence electrons. The van der Waals surface area contributed by atoms with E-state index in [2.05, 4.69) is 81.9 Å². The third-order valence-corrected chi connectivity index (χ3v) is 10.9. The summed E-state index contributed by atoms with van der Waals surface area (Å²) < 4.78 is 17.8. The molecule has 5 heterocycles. The fourth-order valence-electron chi connectivity index (χ4n) is 8.02. The Labute approximate surface area is 322 Å².